The Labute approximate surface area is 121 Å². The number of hydrogen-bond acceptors (Lipinski definition) is 1. The summed E-state index contributed by atoms with van der Waals surface area (Å²) in [6.45, 7) is 2.59. The molecular weight excluding hydrogens is 312 g/mol. The van der Waals surface area contributed by atoms with Crippen LogP contribution in [0.4, 0.5) is 0 Å². The molecule has 0 aliphatic carbocycles. The quantitative estimate of drug-likeness (QED) is 0.713. The fourth-order valence-corrected chi connectivity index (χ4v) is 2.24. The van der Waals surface area contributed by atoms with Crippen LogP contribution >= 0.6 is 27.5 Å². The van der Waals surface area contributed by atoms with Crippen LogP contribution in [-0.4, -0.2) is 0 Å². The first-order chi connectivity index (χ1) is 8.70. The average Bonchev–Trinajstić information content (AvgIpc) is 2.39. The van der Waals surface area contributed by atoms with E-state index in [2.05, 4.69) is 15.9 Å². The molecule has 0 aliphatic heterocycles. The highest BCUT2D eigenvalue weighted by Crippen LogP contribution is 2.26. The van der Waals surface area contributed by atoms with Gasteiger partial charge in [0.1, 0.15) is 12.4 Å². The second-order valence-electron chi connectivity index (χ2n) is 4.11. The summed E-state index contributed by atoms with van der Waals surface area (Å²) in [5.74, 6) is 1.37. The summed E-state index contributed by atoms with van der Waals surface area (Å²) in [6, 6.07) is 14.1. The molecule has 0 saturated heterocycles. The molecule has 0 aliphatic rings. The molecule has 3 heteroatoms. The Bertz CT molecular complexity index is 523. The summed E-state index contributed by atoms with van der Waals surface area (Å²) in [4.78, 5) is 0. The summed E-state index contributed by atoms with van der Waals surface area (Å²) in [5, 5.41) is 0. The van der Waals surface area contributed by atoms with Crippen molar-refractivity contribution >= 4 is 27.5 Å². The van der Waals surface area contributed by atoms with E-state index in [4.69, 9.17) is 16.3 Å². The van der Waals surface area contributed by atoms with Gasteiger partial charge in [-0.15, -0.1) is 11.6 Å². The lowest BCUT2D eigenvalue weighted by molar-refractivity contribution is 0.301. The second-order valence-corrected chi connectivity index (χ2v) is 5.29. The first kappa shape index (κ1) is 13.4. The fourth-order valence-electron chi connectivity index (χ4n) is 1.76. The molecule has 1 nitrogen and oxygen atoms in total. The van der Waals surface area contributed by atoms with Crippen molar-refractivity contribution in [3.63, 3.8) is 0 Å². The van der Waals surface area contributed by atoms with Crippen molar-refractivity contribution in [3.05, 3.63) is 63.6 Å². The van der Waals surface area contributed by atoms with E-state index in [9.17, 15) is 0 Å². The molecule has 0 N–H and O–H groups in total. The van der Waals surface area contributed by atoms with Gasteiger partial charge in [0.25, 0.3) is 0 Å². The molecule has 0 heterocycles. The van der Waals surface area contributed by atoms with E-state index in [0.717, 1.165) is 26.9 Å². The van der Waals surface area contributed by atoms with Gasteiger partial charge in [0.2, 0.25) is 0 Å². The van der Waals surface area contributed by atoms with Crippen molar-refractivity contribution in [2.75, 3.05) is 0 Å². The van der Waals surface area contributed by atoms with Crippen LogP contribution in [0.3, 0.4) is 0 Å². The van der Waals surface area contributed by atoms with E-state index in [1.165, 1.54) is 0 Å². The van der Waals surface area contributed by atoms with Crippen molar-refractivity contribution in [2.45, 2.75) is 19.4 Å². The third-order valence-corrected chi connectivity index (χ3v) is 3.55. The van der Waals surface area contributed by atoms with Crippen LogP contribution in [-0.2, 0) is 12.5 Å². The van der Waals surface area contributed by atoms with E-state index in [0.29, 0.717) is 12.5 Å². The molecule has 0 aromatic heterocycles. The third kappa shape index (κ3) is 3.27. The van der Waals surface area contributed by atoms with E-state index in [1.54, 1.807) is 0 Å². The standard InChI is InChI=1S/C15H14BrClO/c1-11-3-2-4-13(9-17)15(11)18-10-12-5-7-14(16)8-6-12/h2-8H,9-10H2,1H3. The molecule has 0 fully saturated rings. The normalized spacial score (nSPS) is 10.4. The zero-order valence-corrected chi connectivity index (χ0v) is 12.5. The maximum Gasteiger partial charge on any atom is 0.127 e. The van der Waals surface area contributed by atoms with Crippen molar-refractivity contribution in [3.8, 4) is 5.75 Å². The fraction of sp³-hybridized carbons (Fsp3) is 0.200. The highest BCUT2D eigenvalue weighted by Gasteiger charge is 2.06. The van der Waals surface area contributed by atoms with Gasteiger partial charge in [-0.3, -0.25) is 0 Å². The molecule has 18 heavy (non-hydrogen) atoms. The van der Waals surface area contributed by atoms with Gasteiger partial charge >= 0.3 is 0 Å². The summed E-state index contributed by atoms with van der Waals surface area (Å²) >= 11 is 9.34. The van der Waals surface area contributed by atoms with Gasteiger partial charge in [0.05, 0.1) is 5.88 Å². The Balaban J connectivity index is 2.12. The smallest absolute Gasteiger partial charge is 0.127 e. The molecule has 0 atom stereocenters. The number of hydrogen-bond donors (Lipinski definition) is 0. The molecule has 2 aromatic rings. The molecule has 0 saturated carbocycles. The molecule has 0 amide bonds. The minimum atomic E-state index is 0.470. The van der Waals surface area contributed by atoms with Crippen molar-refractivity contribution in [2.24, 2.45) is 0 Å². The van der Waals surface area contributed by atoms with Crippen LogP contribution in [0.25, 0.3) is 0 Å². The molecule has 94 valence electrons. The second kappa shape index (κ2) is 6.26. The number of ether oxygens (including phenoxy) is 1. The van der Waals surface area contributed by atoms with Crippen LogP contribution in [0.15, 0.2) is 46.9 Å². The monoisotopic (exact) mass is 324 g/mol. The highest BCUT2D eigenvalue weighted by atomic mass is 79.9. The number of halogens is 2. The molecule has 2 aromatic carbocycles. The van der Waals surface area contributed by atoms with Gasteiger partial charge in [0.15, 0.2) is 0 Å². The number of rotatable bonds is 4. The molecule has 0 unspecified atom stereocenters. The third-order valence-electron chi connectivity index (χ3n) is 2.73. The Morgan fingerprint density at radius 2 is 1.83 bits per heavy atom. The van der Waals surface area contributed by atoms with Gasteiger partial charge in [-0.1, -0.05) is 46.3 Å². The van der Waals surface area contributed by atoms with Crippen molar-refractivity contribution in [1.82, 2.24) is 0 Å². The lowest BCUT2D eigenvalue weighted by atomic mass is 10.1. The van der Waals surface area contributed by atoms with Gasteiger partial charge in [-0.25, -0.2) is 0 Å². The first-order valence-corrected chi connectivity index (χ1v) is 7.05. The Kier molecular flexibility index (Phi) is 4.67. The minimum Gasteiger partial charge on any atom is -0.488 e. The summed E-state index contributed by atoms with van der Waals surface area (Å²) in [5.41, 5.74) is 3.29. The zero-order chi connectivity index (χ0) is 13.0. The lowest BCUT2D eigenvalue weighted by Crippen LogP contribution is -1.99. The van der Waals surface area contributed by atoms with Gasteiger partial charge in [-0.2, -0.15) is 0 Å². The number of alkyl halides is 1. The van der Waals surface area contributed by atoms with Crippen LogP contribution in [0.1, 0.15) is 16.7 Å². The van der Waals surface area contributed by atoms with Crippen LogP contribution < -0.4 is 4.74 Å². The minimum absolute atomic E-state index is 0.470. The Morgan fingerprint density at radius 3 is 2.50 bits per heavy atom. The lowest BCUT2D eigenvalue weighted by Gasteiger charge is -2.12. The van der Waals surface area contributed by atoms with Crippen molar-refractivity contribution in [1.29, 1.82) is 0 Å². The van der Waals surface area contributed by atoms with E-state index in [1.807, 2.05) is 49.4 Å². The maximum absolute atomic E-state index is 5.92. The Morgan fingerprint density at radius 1 is 1.11 bits per heavy atom. The topological polar surface area (TPSA) is 9.23 Å². The zero-order valence-electron chi connectivity index (χ0n) is 10.1. The summed E-state index contributed by atoms with van der Waals surface area (Å²) in [6.07, 6.45) is 0. The number of para-hydroxylation sites is 1. The van der Waals surface area contributed by atoms with Gasteiger partial charge < -0.3 is 4.74 Å². The maximum atomic E-state index is 5.92. The van der Waals surface area contributed by atoms with Crippen LogP contribution in [0, 0.1) is 6.92 Å². The highest BCUT2D eigenvalue weighted by molar-refractivity contribution is 9.10. The molecule has 0 spiro atoms. The summed E-state index contributed by atoms with van der Waals surface area (Å²) in [7, 11) is 0. The Hall–Kier alpha value is -0.990. The number of aryl methyl sites for hydroxylation is 1. The largest absolute Gasteiger partial charge is 0.488 e. The number of benzene rings is 2. The van der Waals surface area contributed by atoms with Crippen LogP contribution in [0.5, 0.6) is 5.75 Å². The van der Waals surface area contributed by atoms with E-state index >= 15 is 0 Å². The average molecular weight is 326 g/mol. The van der Waals surface area contributed by atoms with E-state index in [-0.39, 0.29) is 0 Å². The molecule has 0 radical (unpaired) electrons. The van der Waals surface area contributed by atoms with Crippen LogP contribution in [0.2, 0.25) is 0 Å². The van der Waals surface area contributed by atoms with Gasteiger partial charge in [0, 0.05) is 10.0 Å². The SMILES string of the molecule is Cc1cccc(CCl)c1OCc1ccc(Br)cc1. The predicted octanol–water partition coefficient (Wildman–Crippen LogP) is 5.08. The predicted molar refractivity (Wildman–Crippen MR) is 79.2 cm³/mol. The van der Waals surface area contributed by atoms with Crippen molar-refractivity contribution < 1.29 is 4.74 Å². The molecular formula is C15H14BrClO. The first-order valence-electron chi connectivity index (χ1n) is 5.72. The van der Waals surface area contributed by atoms with E-state index < -0.39 is 0 Å². The molecule has 0 bridgehead atoms. The summed E-state index contributed by atoms with van der Waals surface area (Å²) < 4.78 is 6.96. The molecule has 2 rings (SSSR count). The van der Waals surface area contributed by atoms with Gasteiger partial charge in [-0.05, 0) is 30.2 Å².